The third-order valence-corrected chi connectivity index (χ3v) is 1.85. The molecule has 0 bridgehead atoms. The van der Waals surface area contributed by atoms with Gasteiger partial charge in [-0.3, -0.25) is 4.21 Å². The lowest BCUT2D eigenvalue weighted by Gasteiger charge is -2.06. The lowest BCUT2D eigenvalue weighted by molar-refractivity contribution is 0.430. The van der Waals surface area contributed by atoms with Gasteiger partial charge in [0.25, 0.3) is 0 Å². The topological polar surface area (TPSA) is 40.1 Å². The standard InChI is InChI=1S/C6H3F3O2S/c7-3-1-2-4(12(10)11)6(9)5(3)8/h1-2H,(H,10,11)/p-1. The maximum Gasteiger partial charge on any atom is 0.195 e. The highest BCUT2D eigenvalue weighted by Gasteiger charge is 2.13. The fraction of sp³-hybridized carbons (Fsp3) is 0. The van der Waals surface area contributed by atoms with Crippen LogP contribution in [0.3, 0.4) is 0 Å². The molecule has 2 nitrogen and oxygen atoms in total. The predicted octanol–water partition coefficient (Wildman–Crippen LogP) is 1.34. The van der Waals surface area contributed by atoms with Crippen molar-refractivity contribution in [3.05, 3.63) is 29.6 Å². The van der Waals surface area contributed by atoms with Crippen LogP contribution in [-0.2, 0) is 11.1 Å². The fourth-order valence-electron chi connectivity index (χ4n) is 0.637. The zero-order valence-electron chi connectivity index (χ0n) is 5.51. The van der Waals surface area contributed by atoms with Crippen LogP contribution in [-0.4, -0.2) is 8.76 Å². The van der Waals surface area contributed by atoms with Gasteiger partial charge in [0.15, 0.2) is 17.5 Å². The molecule has 0 saturated carbocycles. The Bertz CT molecular complexity index is 340. The fourth-order valence-corrected chi connectivity index (χ4v) is 1.05. The maximum atomic E-state index is 12.5. The Kier molecular flexibility index (Phi) is 2.49. The molecule has 6 heteroatoms. The molecule has 1 unspecified atom stereocenters. The van der Waals surface area contributed by atoms with E-state index in [2.05, 4.69) is 0 Å². The smallest absolute Gasteiger partial charge is 0.195 e. The molecular formula is C6H2F3O2S-. The summed E-state index contributed by atoms with van der Waals surface area (Å²) in [6.45, 7) is 0. The summed E-state index contributed by atoms with van der Waals surface area (Å²) in [7, 11) is 0. The van der Waals surface area contributed by atoms with Crippen LogP contribution in [0.4, 0.5) is 13.2 Å². The van der Waals surface area contributed by atoms with Gasteiger partial charge in [-0.2, -0.15) is 0 Å². The number of rotatable bonds is 1. The number of benzene rings is 1. The molecule has 1 atom stereocenters. The van der Waals surface area contributed by atoms with E-state index in [1.54, 1.807) is 0 Å². The summed E-state index contributed by atoms with van der Waals surface area (Å²) < 4.78 is 57.4. The summed E-state index contributed by atoms with van der Waals surface area (Å²) in [6, 6.07) is 1.19. The molecule has 1 aromatic carbocycles. The molecule has 0 aromatic heterocycles. The minimum atomic E-state index is -2.89. The molecule has 12 heavy (non-hydrogen) atoms. The van der Waals surface area contributed by atoms with Crippen molar-refractivity contribution < 1.29 is 21.9 Å². The SMILES string of the molecule is O=S([O-])c1ccc(F)c(F)c1F. The molecule has 66 valence electrons. The zero-order chi connectivity index (χ0) is 9.30. The molecular weight excluding hydrogens is 193 g/mol. The summed E-state index contributed by atoms with van der Waals surface area (Å²) in [5.74, 6) is -4.89. The van der Waals surface area contributed by atoms with Crippen LogP contribution in [0.15, 0.2) is 17.0 Å². The number of hydrogen-bond acceptors (Lipinski definition) is 2. The predicted molar refractivity (Wildman–Crippen MR) is 33.5 cm³/mol. The van der Waals surface area contributed by atoms with E-state index < -0.39 is 33.4 Å². The van der Waals surface area contributed by atoms with E-state index in [4.69, 9.17) is 0 Å². The van der Waals surface area contributed by atoms with Crippen molar-refractivity contribution in [1.82, 2.24) is 0 Å². The molecule has 0 radical (unpaired) electrons. The Morgan fingerprint density at radius 3 is 2.25 bits per heavy atom. The number of hydrogen-bond donors (Lipinski definition) is 0. The lowest BCUT2D eigenvalue weighted by Crippen LogP contribution is -1.99. The highest BCUT2D eigenvalue weighted by atomic mass is 32.2. The molecule has 0 aliphatic heterocycles. The van der Waals surface area contributed by atoms with Gasteiger partial charge >= 0.3 is 0 Å². The first-order valence-electron chi connectivity index (χ1n) is 2.77. The Labute approximate surface area is 68.3 Å². The third kappa shape index (κ3) is 1.49. The van der Waals surface area contributed by atoms with Gasteiger partial charge in [0, 0.05) is 0 Å². The summed E-state index contributed by atoms with van der Waals surface area (Å²) in [5, 5.41) is 0. The van der Waals surface area contributed by atoms with Crippen molar-refractivity contribution in [3.8, 4) is 0 Å². The highest BCUT2D eigenvalue weighted by molar-refractivity contribution is 7.79. The van der Waals surface area contributed by atoms with E-state index in [1.165, 1.54) is 0 Å². The molecule has 0 N–H and O–H groups in total. The van der Waals surface area contributed by atoms with Gasteiger partial charge in [0.1, 0.15) is 0 Å². The summed E-state index contributed by atoms with van der Waals surface area (Å²) in [5.41, 5.74) is 0. The first-order chi connectivity index (χ1) is 5.54. The molecule has 0 fully saturated rings. The molecule has 1 rings (SSSR count). The molecule has 0 aliphatic carbocycles. The van der Waals surface area contributed by atoms with Crippen LogP contribution in [0.5, 0.6) is 0 Å². The molecule has 0 spiro atoms. The van der Waals surface area contributed by atoms with Crippen molar-refractivity contribution in [2.75, 3.05) is 0 Å². The summed E-state index contributed by atoms with van der Waals surface area (Å²) >= 11 is -2.89. The Balaban J connectivity index is 3.36. The van der Waals surface area contributed by atoms with Crippen molar-refractivity contribution in [2.24, 2.45) is 0 Å². The van der Waals surface area contributed by atoms with Crippen molar-refractivity contribution in [3.63, 3.8) is 0 Å². The van der Waals surface area contributed by atoms with Crippen LogP contribution in [0.25, 0.3) is 0 Å². The van der Waals surface area contributed by atoms with Crippen LogP contribution in [0.1, 0.15) is 0 Å². The number of halogens is 3. The van der Waals surface area contributed by atoms with Gasteiger partial charge < -0.3 is 4.55 Å². The summed E-state index contributed by atoms with van der Waals surface area (Å²) in [4.78, 5) is -0.881. The third-order valence-electron chi connectivity index (χ3n) is 1.18. The van der Waals surface area contributed by atoms with Crippen molar-refractivity contribution in [1.29, 1.82) is 0 Å². The monoisotopic (exact) mass is 195 g/mol. The summed E-state index contributed by atoms with van der Waals surface area (Å²) in [6.07, 6.45) is 0. The minimum absolute atomic E-state index is 0.545. The average Bonchev–Trinajstić information content (AvgIpc) is 2.00. The first-order valence-corrected chi connectivity index (χ1v) is 3.84. The molecule has 1 aromatic rings. The van der Waals surface area contributed by atoms with Gasteiger partial charge in [0.2, 0.25) is 0 Å². The zero-order valence-corrected chi connectivity index (χ0v) is 6.33. The van der Waals surface area contributed by atoms with Crippen LogP contribution < -0.4 is 0 Å². The molecule has 0 aliphatic rings. The highest BCUT2D eigenvalue weighted by Crippen LogP contribution is 2.16. The van der Waals surface area contributed by atoms with E-state index in [9.17, 15) is 21.9 Å². The van der Waals surface area contributed by atoms with E-state index in [1.807, 2.05) is 0 Å². The maximum absolute atomic E-state index is 12.5. The van der Waals surface area contributed by atoms with E-state index in [-0.39, 0.29) is 0 Å². The van der Waals surface area contributed by atoms with Crippen molar-refractivity contribution >= 4 is 11.1 Å². The molecule has 0 heterocycles. The van der Waals surface area contributed by atoms with E-state index in [0.717, 1.165) is 0 Å². The van der Waals surface area contributed by atoms with E-state index >= 15 is 0 Å². The Morgan fingerprint density at radius 2 is 1.75 bits per heavy atom. The van der Waals surface area contributed by atoms with Gasteiger partial charge in [-0.1, -0.05) is 0 Å². The molecule has 0 amide bonds. The average molecular weight is 195 g/mol. The van der Waals surface area contributed by atoms with Crippen molar-refractivity contribution in [2.45, 2.75) is 4.90 Å². The van der Waals surface area contributed by atoms with Gasteiger partial charge in [-0.05, 0) is 23.2 Å². The minimum Gasteiger partial charge on any atom is -0.768 e. The van der Waals surface area contributed by atoms with E-state index in [0.29, 0.717) is 12.1 Å². The van der Waals surface area contributed by atoms with Gasteiger partial charge in [-0.25, -0.2) is 13.2 Å². The second kappa shape index (κ2) is 3.24. The van der Waals surface area contributed by atoms with Gasteiger partial charge in [0.05, 0.1) is 4.90 Å². The van der Waals surface area contributed by atoms with Crippen LogP contribution in [0.2, 0.25) is 0 Å². The molecule has 0 saturated heterocycles. The lowest BCUT2D eigenvalue weighted by atomic mass is 10.3. The quantitative estimate of drug-likeness (QED) is 0.501. The Hall–Kier alpha value is -0.880. The second-order valence-corrected chi connectivity index (χ2v) is 2.82. The second-order valence-electron chi connectivity index (χ2n) is 1.91. The van der Waals surface area contributed by atoms with Crippen LogP contribution >= 0.6 is 0 Å². The first kappa shape index (κ1) is 9.21. The normalized spacial score (nSPS) is 13.0. The Morgan fingerprint density at radius 1 is 1.17 bits per heavy atom. The van der Waals surface area contributed by atoms with Crippen LogP contribution in [0, 0.1) is 17.5 Å². The van der Waals surface area contributed by atoms with Gasteiger partial charge in [-0.15, -0.1) is 0 Å². The largest absolute Gasteiger partial charge is 0.768 e.